The van der Waals surface area contributed by atoms with E-state index in [0.717, 1.165) is 42.6 Å². The van der Waals surface area contributed by atoms with E-state index in [1.54, 1.807) is 90.2 Å². The summed E-state index contributed by atoms with van der Waals surface area (Å²) in [5.41, 5.74) is 2.88. The molecule has 60 heavy (non-hydrogen) atoms. The summed E-state index contributed by atoms with van der Waals surface area (Å²) in [7, 11) is 0. The monoisotopic (exact) mass is 952 g/mol. The molecule has 0 fully saturated rings. The molecule has 0 N–H and O–H groups in total. The Kier molecular flexibility index (Phi) is 16.3. The highest BCUT2D eigenvalue weighted by Gasteiger charge is 2.13. The van der Waals surface area contributed by atoms with Crippen LogP contribution in [0.15, 0.2) is 167 Å². The molecule has 0 spiro atoms. The van der Waals surface area contributed by atoms with Gasteiger partial charge in [0, 0.05) is 30.7 Å². The number of para-hydroxylation sites is 1. The third kappa shape index (κ3) is 13.2. The average molecular weight is 955 g/mol. The third-order valence-corrected chi connectivity index (χ3v) is 11.3. The lowest BCUT2D eigenvalue weighted by Gasteiger charge is -2.04. The molecular formula is C48H32BrCl3O6S2. The van der Waals surface area contributed by atoms with Crippen molar-refractivity contribution in [1.29, 1.82) is 0 Å². The highest BCUT2D eigenvalue weighted by atomic mass is 79.9. The van der Waals surface area contributed by atoms with Crippen LogP contribution in [-0.4, -0.2) is 24.1 Å². The maximum absolute atomic E-state index is 12.0. The van der Waals surface area contributed by atoms with Crippen LogP contribution in [0.2, 0.25) is 15.1 Å². The summed E-state index contributed by atoms with van der Waals surface area (Å²) in [4.78, 5) is 37.5. The van der Waals surface area contributed by atoms with E-state index < -0.39 is 0 Å². The van der Waals surface area contributed by atoms with E-state index in [0.29, 0.717) is 31.9 Å². The zero-order valence-corrected chi connectivity index (χ0v) is 36.8. The first-order valence-electron chi connectivity index (χ1n) is 18.0. The van der Waals surface area contributed by atoms with Gasteiger partial charge in [-0.2, -0.15) is 0 Å². The standard InChI is InChI=1S/C17H12O2S2.C16H11BrO3.C15H9Cl3O/c18-14(16-7-4-11-20-16)8-9-17-15(10-12-21-17)19-13-5-2-1-3-6-13;17-13-5-3-12(4-6-13)14(18)7-1-11-2-8-15-16(9-11)20-10-19-15;16-12-5-2-11(3-6-12)15(19)8-4-10-1-7-13(17)9-14(10)18/h1-12H;1-9H,10H2;1-9H. The number of rotatable bonds is 11. The van der Waals surface area contributed by atoms with Crippen LogP contribution in [0.5, 0.6) is 23.0 Å². The van der Waals surface area contributed by atoms with Crippen LogP contribution in [-0.2, 0) is 0 Å². The topological polar surface area (TPSA) is 78.9 Å². The van der Waals surface area contributed by atoms with E-state index in [4.69, 9.17) is 49.0 Å². The lowest BCUT2D eigenvalue weighted by atomic mass is 10.1. The van der Waals surface area contributed by atoms with Gasteiger partial charge in [0.05, 0.1) is 9.75 Å². The smallest absolute Gasteiger partial charge is 0.231 e. The Balaban J connectivity index is 0.000000151. The molecule has 0 atom stereocenters. The largest absolute Gasteiger partial charge is 0.456 e. The summed E-state index contributed by atoms with van der Waals surface area (Å²) in [5.74, 6) is 2.88. The van der Waals surface area contributed by atoms with Gasteiger partial charge in [0.2, 0.25) is 6.79 Å². The number of halogens is 4. The molecule has 0 radical (unpaired) electrons. The second-order valence-electron chi connectivity index (χ2n) is 12.4. The van der Waals surface area contributed by atoms with Crippen molar-refractivity contribution in [2.24, 2.45) is 0 Å². The second-order valence-corrected chi connectivity index (χ2v) is 16.5. The highest BCUT2D eigenvalue weighted by molar-refractivity contribution is 9.10. The Labute approximate surface area is 378 Å². The maximum atomic E-state index is 12.0. The number of fused-ring (bicyclic) bond motifs is 1. The van der Waals surface area contributed by atoms with Crippen molar-refractivity contribution in [2.45, 2.75) is 0 Å². The van der Waals surface area contributed by atoms with Gasteiger partial charge in [0.25, 0.3) is 0 Å². The molecule has 6 nitrogen and oxygen atoms in total. The van der Waals surface area contributed by atoms with Crippen molar-refractivity contribution in [3.05, 3.63) is 214 Å². The van der Waals surface area contributed by atoms with Gasteiger partial charge in [-0.05, 0) is 149 Å². The van der Waals surface area contributed by atoms with Crippen LogP contribution in [0, 0.1) is 0 Å². The molecule has 0 amide bonds. The number of allylic oxidation sites excluding steroid dienone is 3. The number of carbonyl (C=O) groups excluding carboxylic acids is 3. The molecule has 0 unspecified atom stereocenters. The van der Waals surface area contributed by atoms with E-state index in [2.05, 4.69) is 15.9 Å². The Morgan fingerprint density at radius 1 is 0.600 bits per heavy atom. The summed E-state index contributed by atoms with van der Waals surface area (Å²) in [6.07, 6.45) is 9.86. The van der Waals surface area contributed by atoms with Crippen LogP contribution < -0.4 is 14.2 Å². The zero-order chi connectivity index (χ0) is 42.3. The van der Waals surface area contributed by atoms with Crippen LogP contribution in [0.1, 0.15) is 46.4 Å². The number of thiophene rings is 2. The Hall–Kier alpha value is -5.52. The molecule has 5 aromatic carbocycles. The lowest BCUT2D eigenvalue weighted by molar-refractivity contribution is 0.103. The number of ether oxygens (including phenoxy) is 3. The molecule has 7 aromatic rings. The molecule has 12 heteroatoms. The fourth-order valence-electron chi connectivity index (χ4n) is 5.19. The summed E-state index contributed by atoms with van der Waals surface area (Å²) in [5, 5.41) is 5.52. The summed E-state index contributed by atoms with van der Waals surface area (Å²) in [6, 6.07) is 39.9. The van der Waals surface area contributed by atoms with Crippen molar-refractivity contribution in [3.8, 4) is 23.0 Å². The first-order valence-corrected chi connectivity index (χ1v) is 21.7. The van der Waals surface area contributed by atoms with Gasteiger partial charge >= 0.3 is 0 Å². The first-order chi connectivity index (χ1) is 29.1. The van der Waals surface area contributed by atoms with Gasteiger partial charge in [-0.25, -0.2) is 0 Å². The quantitative estimate of drug-likeness (QED) is 0.0949. The number of benzene rings is 5. The number of hydrogen-bond acceptors (Lipinski definition) is 8. The fraction of sp³-hybridized carbons (Fsp3) is 0.0208. The molecule has 0 bridgehead atoms. The minimum atomic E-state index is -0.109. The molecule has 3 heterocycles. The van der Waals surface area contributed by atoms with Crippen molar-refractivity contribution in [1.82, 2.24) is 0 Å². The van der Waals surface area contributed by atoms with E-state index in [1.165, 1.54) is 17.4 Å². The summed E-state index contributed by atoms with van der Waals surface area (Å²) < 4.78 is 17.3. The SMILES string of the molecule is O=C(C=Cc1ccc(Cl)cc1Cl)c1ccc(Cl)cc1.O=C(C=Cc1ccc2c(c1)OCO2)c1ccc(Br)cc1.O=C(C=Cc1sccc1Oc1ccccc1)c1cccs1. The van der Waals surface area contributed by atoms with Crippen LogP contribution in [0.25, 0.3) is 18.2 Å². The Bertz CT molecular complexity index is 2640. The van der Waals surface area contributed by atoms with Gasteiger partial charge < -0.3 is 14.2 Å². The molecule has 8 rings (SSSR count). The summed E-state index contributed by atoms with van der Waals surface area (Å²) >= 11 is 23.9. The molecule has 1 aliphatic rings. The number of ketones is 3. The fourth-order valence-corrected chi connectivity index (χ4v) is 7.41. The van der Waals surface area contributed by atoms with Crippen LogP contribution in [0.3, 0.4) is 0 Å². The molecular weight excluding hydrogens is 923 g/mol. The molecule has 1 aliphatic heterocycles. The van der Waals surface area contributed by atoms with Gasteiger partial charge in [-0.15, -0.1) is 22.7 Å². The molecule has 0 saturated carbocycles. The van der Waals surface area contributed by atoms with Crippen LogP contribution >= 0.6 is 73.4 Å². The minimum absolute atomic E-state index is 0.0176. The van der Waals surface area contributed by atoms with E-state index in [1.807, 2.05) is 95.7 Å². The minimum Gasteiger partial charge on any atom is -0.456 e. The van der Waals surface area contributed by atoms with Gasteiger partial charge in [0.15, 0.2) is 28.8 Å². The maximum Gasteiger partial charge on any atom is 0.231 e. The van der Waals surface area contributed by atoms with Crippen LogP contribution in [0.4, 0.5) is 0 Å². The first kappa shape index (κ1) is 44.0. The van der Waals surface area contributed by atoms with Crippen molar-refractivity contribution >= 4 is 109 Å². The summed E-state index contributed by atoms with van der Waals surface area (Å²) in [6.45, 7) is 0.250. The number of carbonyl (C=O) groups is 3. The van der Waals surface area contributed by atoms with E-state index >= 15 is 0 Å². The van der Waals surface area contributed by atoms with Gasteiger partial charge in [0.1, 0.15) is 11.5 Å². The van der Waals surface area contributed by atoms with Gasteiger partial charge in [-0.1, -0.05) is 93.2 Å². The Morgan fingerprint density at radius 2 is 1.27 bits per heavy atom. The molecule has 0 saturated heterocycles. The predicted octanol–water partition coefficient (Wildman–Crippen LogP) is 15.1. The zero-order valence-electron chi connectivity index (χ0n) is 31.3. The van der Waals surface area contributed by atoms with E-state index in [9.17, 15) is 14.4 Å². The van der Waals surface area contributed by atoms with Crippen molar-refractivity contribution in [2.75, 3.05) is 6.79 Å². The predicted molar refractivity (Wildman–Crippen MR) is 250 cm³/mol. The molecule has 2 aromatic heterocycles. The van der Waals surface area contributed by atoms with E-state index in [-0.39, 0.29) is 24.1 Å². The van der Waals surface area contributed by atoms with Gasteiger partial charge in [-0.3, -0.25) is 14.4 Å². The lowest BCUT2D eigenvalue weighted by Crippen LogP contribution is -1.93. The second kappa shape index (κ2) is 22.2. The van der Waals surface area contributed by atoms with Crippen molar-refractivity contribution in [3.63, 3.8) is 0 Å². The highest BCUT2D eigenvalue weighted by Crippen LogP contribution is 2.33. The van der Waals surface area contributed by atoms with Crippen molar-refractivity contribution < 1.29 is 28.6 Å². The third-order valence-electron chi connectivity index (χ3n) is 8.24. The normalized spacial score (nSPS) is 11.5. The average Bonchev–Trinajstić information content (AvgIpc) is 4.06. The number of hydrogen-bond donors (Lipinski definition) is 0. The molecule has 300 valence electrons. The Morgan fingerprint density at radius 3 is 1.97 bits per heavy atom. The molecule has 0 aliphatic carbocycles.